The maximum absolute atomic E-state index is 12.9. The van der Waals surface area contributed by atoms with Crippen molar-refractivity contribution in [3.05, 3.63) is 98.6 Å². The van der Waals surface area contributed by atoms with Crippen LogP contribution < -0.4 is 10.1 Å². The second-order valence-corrected chi connectivity index (χ2v) is 7.06. The number of rotatable bonds is 8. The van der Waals surface area contributed by atoms with Crippen LogP contribution in [-0.4, -0.2) is 36.3 Å². The van der Waals surface area contributed by atoms with Gasteiger partial charge in [0, 0.05) is 22.9 Å². The average Bonchev–Trinajstić information content (AvgIpc) is 2.82. The van der Waals surface area contributed by atoms with E-state index in [2.05, 4.69) is 5.32 Å². The summed E-state index contributed by atoms with van der Waals surface area (Å²) in [5.74, 6) is -1.49. The Kier molecular flexibility index (Phi) is 7.37. The van der Waals surface area contributed by atoms with E-state index in [1.165, 1.54) is 43.5 Å². The number of ketones is 1. The van der Waals surface area contributed by atoms with Crippen molar-refractivity contribution in [1.29, 1.82) is 0 Å². The van der Waals surface area contributed by atoms with Crippen LogP contribution in [0, 0.1) is 10.1 Å². The quantitative estimate of drug-likeness (QED) is 0.226. The fourth-order valence-corrected chi connectivity index (χ4v) is 3.08. The second kappa shape index (κ2) is 10.4. The molecule has 1 amide bonds. The van der Waals surface area contributed by atoms with Crippen molar-refractivity contribution in [2.24, 2.45) is 0 Å². The SMILES string of the molecule is COc1ccc(NC(=O)COC(=O)c2ccccc2C(=O)c2ccc(Cl)c([N+](=O)[O-])c2)cc1. The molecule has 0 bridgehead atoms. The minimum absolute atomic E-state index is 0.0244. The lowest BCUT2D eigenvalue weighted by Crippen LogP contribution is -2.22. The van der Waals surface area contributed by atoms with Crippen molar-refractivity contribution < 1.29 is 28.8 Å². The third kappa shape index (κ3) is 5.72. The first kappa shape index (κ1) is 23.4. The van der Waals surface area contributed by atoms with Gasteiger partial charge >= 0.3 is 5.97 Å². The van der Waals surface area contributed by atoms with Crippen molar-refractivity contribution in [2.45, 2.75) is 0 Å². The molecule has 0 aromatic heterocycles. The number of hydrogen-bond acceptors (Lipinski definition) is 7. The number of halogens is 1. The van der Waals surface area contributed by atoms with Gasteiger partial charge in [-0.2, -0.15) is 0 Å². The average molecular weight is 469 g/mol. The van der Waals surface area contributed by atoms with Gasteiger partial charge in [0.1, 0.15) is 10.8 Å². The zero-order valence-corrected chi connectivity index (χ0v) is 18.0. The van der Waals surface area contributed by atoms with Crippen LogP contribution in [0.3, 0.4) is 0 Å². The summed E-state index contributed by atoms with van der Waals surface area (Å²) in [7, 11) is 1.52. The van der Waals surface area contributed by atoms with Gasteiger partial charge in [-0.25, -0.2) is 4.79 Å². The summed E-state index contributed by atoms with van der Waals surface area (Å²) < 4.78 is 10.1. The summed E-state index contributed by atoms with van der Waals surface area (Å²) in [6, 6.07) is 16.0. The number of methoxy groups -OCH3 is 1. The van der Waals surface area contributed by atoms with E-state index in [0.29, 0.717) is 11.4 Å². The molecular formula is C23H17ClN2O7. The zero-order chi connectivity index (χ0) is 24.0. The van der Waals surface area contributed by atoms with Crippen LogP contribution in [0.25, 0.3) is 0 Å². The number of nitrogens with zero attached hydrogens (tertiary/aromatic N) is 1. The number of esters is 1. The summed E-state index contributed by atoms with van der Waals surface area (Å²) >= 11 is 5.80. The Bertz CT molecular complexity index is 1230. The molecule has 0 saturated heterocycles. The van der Waals surface area contributed by atoms with Crippen molar-refractivity contribution >= 4 is 40.6 Å². The first-order valence-corrected chi connectivity index (χ1v) is 9.86. The fourth-order valence-electron chi connectivity index (χ4n) is 2.89. The number of carbonyl (C=O) groups is 3. The standard InChI is InChI=1S/C23H17ClN2O7/c1-32-16-9-7-15(8-10-16)25-21(27)13-33-23(29)18-5-3-2-4-17(18)22(28)14-6-11-19(24)20(12-14)26(30)31/h2-12H,13H2,1H3,(H,25,27). The third-order valence-electron chi connectivity index (χ3n) is 4.50. The lowest BCUT2D eigenvalue weighted by Gasteiger charge is -2.10. The van der Waals surface area contributed by atoms with Gasteiger partial charge in [0.25, 0.3) is 11.6 Å². The number of carbonyl (C=O) groups excluding carboxylic acids is 3. The third-order valence-corrected chi connectivity index (χ3v) is 4.82. The lowest BCUT2D eigenvalue weighted by atomic mass is 9.98. The molecule has 168 valence electrons. The molecule has 0 radical (unpaired) electrons. The highest BCUT2D eigenvalue weighted by Crippen LogP contribution is 2.27. The molecule has 33 heavy (non-hydrogen) atoms. The smallest absolute Gasteiger partial charge is 0.339 e. The molecule has 0 aliphatic rings. The number of nitrogens with one attached hydrogen (secondary N) is 1. The molecule has 0 fully saturated rings. The molecule has 0 atom stereocenters. The maximum Gasteiger partial charge on any atom is 0.339 e. The molecule has 0 aliphatic heterocycles. The molecule has 0 saturated carbocycles. The Morgan fingerprint density at radius 2 is 1.67 bits per heavy atom. The van der Waals surface area contributed by atoms with Gasteiger partial charge in [-0.05, 0) is 42.5 Å². The molecule has 10 heteroatoms. The zero-order valence-electron chi connectivity index (χ0n) is 17.2. The van der Waals surface area contributed by atoms with Gasteiger partial charge in [-0.1, -0.05) is 29.8 Å². The predicted octanol–water partition coefficient (Wildman–Crippen LogP) is 4.28. The minimum atomic E-state index is -0.896. The molecular weight excluding hydrogens is 452 g/mol. The van der Waals surface area contributed by atoms with Gasteiger partial charge in [-0.3, -0.25) is 19.7 Å². The number of benzene rings is 3. The Morgan fingerprint density at radius 1 is 1.00 bits per heavy atom. The normalized spacial score (nSPS) is 10.2. The summed E-state index contributed by atoms with van der Waals surface area (Å²) in [6.07, 6.45) is 0. The molecule has 3 rings (SSSR count). The van der Waals surface area contributed by atoms with Crippen LogP contribution in [0.4, 0.5) is 11.4 Å². The van der Waals surface area contributed by atoms with Gasteiger partial charge in [-0.15, -0.1) is 0 Å². The first-order valence-electron chi connectivity index (χ1n) is 9.49. The van der Waals surface area contributed by atoms with Crippen molar-refractivity contribution in [1.82, 2.24) is 0 Å². The summed E-state index contributed by atoms with van der Waals surface area (Å²) in [6.45, 7) is -0.584. The van der Waals surface area contributed by atoms with Crippen molar-refractivity contribution in [3.8, 4) is 5.75 Å². The van der Waals surface area contributed by atoms with Crippen LogP contribution in [0.2, 0.25) is 5.02 Å². The molecule has 0 aliphatic carbocycles. The summed E-state index contributed by atoms with van der Waals surface area (Å²) in [5.41, 5.74) is -0.0924. The van der Waals surface area contributed by atoms with E-state index in [1.807, 2.05) is 0 Å². The number of hydrogen-bond donors (Lipinski definition) is 1. The molecule has 0 unspecified atom stereocenters. The lowest BCUT2D eigenvalue weighted by molar-refractivity contribution is -0.384. The molecule has 9 nitrogen and oxygen atoms in total. The van der Waals surface area contributed by atoms with Crippen molar-refractivity contribution in [2.75, 3.05) is 19.0 Å². The van der Waals surface area contributed by atoms with E-state index in [9.17, 15) is 24.5 Å². The van der Waals surface area contributed by atoms with Crippen LogP contribution in [0.15, 0.2) is 66.7 Å². The maximum atomic E-state index is 12.9. The van der Waals surface area contributed by atoms with E-state index >= 15 is 0 Å². The Labute approximate surface area is 193 Å². The van der Waals surface area contributed by atoms with Gasteiger partial charge in [0.15, 0.2) is 12.4 Å². The Hall–Kier alpha value is -4.24. The van der Waals surface area contributed by atoms with Gasteiger partial charge in [0.05, 0.1) is 17.6 Å². The number of ether oxygens (including phenoxy) is 2. The molecule has 1 N–H and O–H groups in total. The largest absolute Gasteiger partial charge is 0.497 e. The highest BCUT2D eigenvalue weighted by atomic mass is 35.5. The van der Waals surface area contributed by atoms with E-state index in [0.717, 1.165) is 6.07 Å². The Balaban J connectivity index is 1.72. The molecule has 3 aromatic rings. The second-order valence-electron chi connectivity index (χ2n) is 6.65. The van der Waals surface area contributed by atoms with Gasteiger partial charge in [0.2, 0.25) is 0 Å². The monoisotopic (exact) mass is 468 g/mol. The minimum Gasteiger partial charge on any atom is -0.497 e. The van der Waals surface area contributed by atoms with Crippen molar-refractivity contribution in [3.63, 3.8) is 0 Å². The molecule has 3 aromatic carbocycles. The van der Waals surface area contributed by atoms with Gasteiger partial charge < -0.3 is 14.8 Å². The van der Waals surface area contributed by atoms with E-state index < -0.39 is 34.9 Å². The van der Waals surface area contributed by atoms with E-state index in [-0.39, 0.29) is 21.7 Å². The number of nitro groups is 1. The number of amides is 1. The van der Waals surface area contributed by atoms with Crippen LogP contribution in [0.1, 0.15) is 26.3 Å². The van der Waals surface area contributed by atoms with E-state index in [4.69, 9.17) is 21.1 Å². The van der Waals surface area contributed by atoms with Crippen LogP contribution in [0.5, 0.6) is 5.75 Å². The topological polar surface area (TPSA) is 125 Å². The summed E-state index contributed by atoms with van der Waals surface area (Å²) in [4.78, 5) is 48.0. The Morgan fingerprint density at radius 3 is 2.30 bits per heavy atom. The number of nitro benzene ring substituents is 1. The van der Waals surface area contributed by atoms with Crippen LogP contribution in [-0.2, 0) is 9.53 Å². The summed E-state index contributed by atoms with van der Waals surface area (Å²) in [5, 5.41) is 13.6. The van der Waals surface area contributed by atoms with Crippen LogP contribution >= 0.6 is 11.6 Å². The first-order chi connectivity index (χ1) is 15.8. The number of anilines is 1. The predicted molar refractivity (Wildman–Crippen MR) is 120 cm³/mol. The highest BCUT2D eigenvalue weighted by Gasteiger charge is 2.22. The molecule has 0 spiro atoms. The highest BCUT2D eigenvalue weighted by molar-refractivity contribution is 6.33. The van der Waals surface area contributed by atoms with E-state index in [1.54, 1.807) is 24.3 Å². The fraction of sp³-hybridized carbons (Fsp3) is 0.0870. The molecule has 0 heterocycles.